The minimum atomic E-state index is -4.47. The maximum atomic E-state index is 12.9. The molecule has 0 atom stereocenters. The summed E-state index contributed by atoms with van der Waals surface area (Å²) in [6, 6.07) is 4.53. The number of alkyl halides is 3. The lowest BCUT2D eigenvalue weighted by Crippen LogP contribution is -2.31. The van der Waals surface area contributed by atoms with Crippen molar-refractivity contribution in [3.8, 4) is 5.88 Å². The molecule has 0 unspecified atom stereocenters. The predicted octanol–water partition coefficient (Wildman–Crippen LogP) is 3.04. The van der Waals surface area contributed by atoms with Crippen LogP contribution in [0, 0.1) is 0 Å². The smallest absolute Gasteiger partial charge is 0.416 e. The molecule has 3 rings (SSSR count). The van der Waals surface area contributed by atoms with Gasteiger partial charge in [0, 0.05) is 24.7 Å². The molecule has 2 heterocycles. The summed E-state index contributed by atoms with van der Waals surface area (Å²) in [4.78, 5) is 14.3. The van der Waals surface area contributed by atoms with E-state index in [1.807, 2.05) is 0 Å². The van der Waals surface area contributed by atoms with Crippen molar-refractivity contribution < 1.29 is 22.7 Å². The van der Waals surface area contributed by atoms with E-state index < -0.39 is 17.6 Å². The number of ether oxygens (including phenoxy) is 1. The van der Waals surface area contributed by atoms with E-state index in [-0.39, 0.29) is 12.1 Å². The molecule has 1 aliphatic heterocycles. The van der Waals surface area contributed by atoms with Crippen LogP contribution < -0.4 is 4.74 Å². The summed E-state index contributed by atoms with van der Waals surface area (Å²) in [7, 11) is 3.30. The Morgan fingerprint density at radius 1 is 1.32 bits per heavy atom. The van der Waals surface area contributed by atoms with Crippen molar-refractivity contribution in [2.45, 2.75) is 25.6 Å². The van der Waals surface area contributed by atoms with E-state index in [1.165, 1.54) is 12.1 Å². The summed E-state index contributed by atoms with van der Waals surface area (Å²) >= 11 is 0. The molecule has 0 bridgehead atoms. The van der Waals surface area contributed by atoms with Gasteiger partial charge in [-0.15, -0.1) is 5.10 Å². The Balaban J connectivity index is 1.89. The topological polar surface area (TPSA) is 47.4 Å². The fraction of sp³-hybridized carbons (Fsp3) is 0.412. The fourth-order valence-corrected chi connectivity index (χ4v) is 3.08. The van der Waals surface area contributed by atoms with Crippen molar-refractivity contribution >= 4 is 5.91 Å². The van der Waals surface area contributed by atoms with Crippen LogP contribution in [0.15, 0.2) is 24.3 Å². The normalized spacial score (nSPS) is 14.8. The first-order valence-corrected chi connectivity index (χ1v) is 7.86. The standard InChI is InChI=1S/C17H18F3N3O2/c1-22-14-10-23(8-4-7-13(14)15(21-22)25-2)16(24)11-5-3-6-12(9-11)17(18,19)20/h3,5-6,9H,4,7-8,10H2,1-2H3. The number of hydrogen-bond acceptors (Lipinski definition) is 3. The van der Waals surface area contributed by atoms with Crippen LogP contribution in [-0.2, 0) is 26.2 Å². The summed E-state index contributed by atoms with van der Waals surface area (Å²) in [5, 5.41) is 4.27. The molecule has 0 spiro atoms. The number of halogens is 3. The minimum absolute atomic E-state index is 0.0346. The highest BCUT2D eigenvalue weighted by Gasteiger charge is 2.32. The maximum Gasteiger partial charge on any atom is 0.416 e. The van der Waals surface area contributed by atoms with E-state index in [0.717, 1.165) is 23.4 Å². The van der Waals surface area contributed by atoms with E-state index in [1.54, 1.807) is 23.7 Å². The van der Waals surface area contributed by atoms with Gasteiger partial charge in [-0.2, -0.15) is 13.2 Å². The highest BCUT2D eigenvalue weighted by atomic mass is 19.4. The molecule has 1 amide bonds. The van der Waals surface area contributed by atoms with Gasteiger partial charge in [0.1, 0.15) is 0 Å². The van der Waals surface area contributed by atoms with E-state index in [0.29, 0.717) is 25.3 Å². The van der Waals surface area contributed by atoms with Gasteiger partial charge in [0.05, 0.1) is 24.9 Å². The SMILES string of the molecule is COc1nn(C)c2c1CCCN(C(=O)c1cccc(C(F)(F)F)c1)C2. The van der Waals surface area contributed by atoms with E-state index >= 15 is 0 Å². The number of methoxy groups -OCH3 is 1. The van der Waals surface area contributed by atoms with E-state index in [9.17, 15) is 18.0 Å². The summed E-state index contributed by atoms with van der Waals surface area (Å²) in [5.74, 6) is 0.116. The van der Waals surface area contributed by atoms with Gasteiger partial charge in [-0.05, 0) is 31.0 Å². The number of aromatic nitrogens is 2. The second kappa shape index (κ2) is 6.42. The third-order valence-corrected chi connectivity index (χ3v) is 4.35. The van der Waals surface area contributed by atoms with Gasteiger partial charge >= 0.3 is 6.18 Å². The molecule has 134 valence electrons. The molecule has 0 radical (unpaired) electrons. The lowest BCUT2D eigenvalue weighted by molar-refractivity contribution is -0.137. The van der Waals surface area contributed by atoms with E-state index in [2.05, 4.69) is 5.10 Å². The molecule has 8 heteroatoms. The Hall–Kier alpha value is -2.51. The average molecular weight is 353 g/mol. The van der Waals surface area contributed by atoms with Gasteiger partial charge in [0.15, 0.2) is 0 Å². The number of benzene rings is 1. The molecule has 0 aliphatic carbocycles. The first-order chi connectivity index (χ1) is 11.8. The zero-order valence-electron chi connectivity index (χ0n) is 13.9. The van der Waals surface area contributed by atoms with Crippen LogP contribution >= 0.6 is 0 Å². The molecule has 0 N–H and O–H groups in total. The van der Waals surface area contributed by atoms with Crippen molar-refractivity contribution in [1.29, 1.82) is 0 Å². The van der Waals surface area contributed by atoms with Crippen LogP contribution in [0.4, 0.5) is 13.2 Å². The Bertz CT molecular complexity index is 799. The predicted molar refractivity (Wildman–Crippen MR) is 84.3 cm³/mol. The first-order valence-electron chi connectivity index (χ1n) is 7.86. The second-order valence-electron chi connectivity index (χ2n) is 5.97. The number of fused-ring (bicyclic) bond motifs is 1. The van der Waals surface area contributed by atoms with Crippen LogP contribution in [0.3, 0.4) is 0 Å². The quantitative estimate of drug-likeness (QED) is 0.834. The molecule has 25 heavy (non-hydrogen) atoms. The van der Waals surface area contributed by atoms with Crippen LogP contribution in [-0.4, -0.2) is 34.2 Å². The second-order valence-corrected chi connectivity index (χ2v) is 5.97. The summed E-state index contributed by atoms with van der Waals surface area (Å²) in [6.07, 6.45) is -3.07. The summed E-state index contributed by atoms with van der Waals surface area (Å²) < 4.78 is 45.6. The lowest BCUT2D eigenvalue weighted by atomic mass is 10.1. The third-order valence-electron chi connectivity index (χ3n) is 4.35. The maximum absolute atomic E-state index is 12.9. The van der Waals surface area contributed by atoms with Crippen molar-refractivity contribution in [1.82, 2.24) is 14.7 Å². The van der Waals surface area contributed by atoms with Crippen LogP contribution in [0.1, 0.15) is 33.6 Å². The molecule has 1 aromatic heterocycles. The zero-order valence-corrected chi connectivity index (χ0v) is 13.9. The lowest BCUT2D eigenvalue weighted by Gasteiger charge is -2.21. The number of carbonyl (C=O) groups is 1. The molecule has 1 aromatic carbocycles. The Kier molecular flexibility index (Phi) is 4.45. The first kappa shape index (κ1) is 17.3. The van der Waals surface area contributed by atoms with Gasteiger partial charge in [-0.3, -0.25) is 9.48 Å². The van der Waals surface area contributed by atoms with Crippen LogP contribution in [0.5, 0.6) is 5.88 Å². The van der Waals surface area contributed by atoms with Crippen LogP contribution in [0.25, 0.3) is 0 Å². The van der Waals surface area contributed by atoms with Gasteiger partial charge in [0.25, 0.3) is 5.91 Å². The van der Waals surface area contributed by atoms with Crippen molar-refractivity contribution in [3.63, 3.8) is 0 Å². The number of rotatable bonds is 2. The monoisotopic (exact) mass is 353 g/mol. The highest BCUT2D eigenvalue weighted by Crippen LogP contribution is 2.31. The molecular weight excluding hydrogens is 335 g/mol. The van der Waals surface area contributed by atoms with Crippen molar-refractivity contribution in [2.24, 2.45) is 7.05 Å². The van der Waals surface area contributed by atoms with Gasteiger partial charge in [-0.25, -0.2) is 0 Å². The molecule has 1 aliphatic rings. The number of aryl methyl sites for hydroxylation is 1. The number of hydrogen-bond donors (Lipinski definition) is 0. The fourth-order valence-electron chi connectivity index (χ4n) is 3.08. The Morgan fingerprint density at radius 3 is 2.76 bits per heavy atom. The number of nitrogens with zero attached hydrogens (tertiary/aromatic N) is 3. The van der Waals surface area contributed by atoms with Gasteiger partial charge < -0.3 is 9.64 Å². The largest absolute Gasteiger partial charge is 0.480 e. The molecular formula is C17H18F3N3O2. The van der Waals surface area contributed by atoms with Gasteiger partial charge in [-0.1, -0.05) is 6.07 Å². The number of carbonyl (C=O) groups excluding carboxylic acids is 1. The van der Waals surface area contributed by atoms with E-state index in [4.69, 9.17) is 4.74 Å². The van der Waals surface area contributed by atoms with Gasteiger partial charge in [0.2, 0.25) is 5.88 Å². The molecule has 2 aromatic rings. The highest BCUT2D eigenvalue weighted by molar-refractivity contribution is 5.94. The zero-order chi connectivity index (χ0) is 18.2. The van der Waals surface area contributed by atoms with Crippen molar-refractivity contribution in [2.75, 3.05) is 13.7 Å². The number of amides is 1. The molecule has 0 saturated carbocycles. The summed E-state index contributed by atoms with van der Waals surface area (Å²) in [5.41, 5.74) is 1.00. The molecule has 0 saturated heterocycles. The Labute approximate surface area is 143 Å². The van der Waals surface area contributed by atoms with Crippen LogP contribution in [0.2, 0.25) is 0 Å². The average Bonchev–Trinajstić information content (AvgIpc) is 2.75. The van der Waals surface area contributed by atoms with Crippen molar-refractivity contribution in [3.05, 3.63) is 46.6 Å². The summed E-state index contributed by atoms with van der Waals surface area (Å²) in [6.45, 7) is 0.754. The molecule has 5 nitrogen and oxygen atoms in total. The molecule has 0 fully saturated rings. The Morgan fingerprint density at radius 2 is 2.08 bits per heavy atom. The third kappa shape index (κ3) is 3.33. The minimum Gasteiger partial charge on any atom is -0.480 e.